The van der Waals surface area contributed by atoms with Gasteiger partial charge >= 0.3 is 0 Å². The summed E-state index contributed by atoms with van der Waals surface area (Å²) in [5.41, 5.74) is 0. The molecule has 0 unspecified atom stereocenters. The second kappa shape index (κ2) is 6.59. The molecule has 0 bridgehead atoms. The lowest BCUT2D eigenvalue weighted by atomic mass is 10.6. The van der Waals surface area contributed by atoms with Crippen LogP contribution in [0.25, 0.3) is 0 Å². The summed E-state index contributed by atoms with van der Waals surface area (Å²) in [6.45, 7) is 0. The zero-order valence-corrected chi connectivity index (χ0v) is 6.29. The first kappa shape index (κ1) is 7.59. The van der Waals surface area contributed by atoms with Crippen LogP contribution in [0.15, 0.2) is 23.3 Å². The van der Waals surface area contributed by atoms with Crippen molar-refractivity contribution < 1.29 is 0 Å². The lowest BCUT2D eigenvalue weighted by Gasteiger charge is -1.65. The van der Waals surface area contributed by atoms with Gasteiger partial charge in [-0.15, -0.1) is 0 Å². The van der Waals surface area contributed by atoms with Crippen molar-refractivity contribution in [1.29, 1.82) is 5.41 Å². The number of hydrogen-bond donors (Lipinski definition) is 1. The molecule has 1 N–H and O–H groups in total. The first-order valence-corrected chi connectivity index (χ1v) is 3.19. The first-order valence-electron chi connectivity index (χ1n) is 1.94. The van der Waals surface area contributed by atoms with Crippen molar-refractivity contribution in [2.75, 3.05) is 0 Å². The summed E-state index contributed by atoms with van der Waals surface area (Å²) in [6.07, 6.45) is 4.71. The summed E-state index contributed by atoms with van der Waals surface area (Å²) >= 11 is 2.02. The van der Waals surface area contributed by atoms with Gasteiger partial charge in [-0.1, -0.05) is 0 Å². The van der Waals surface area contributed by atoms with Crippen LogP contribution in [-0.4, -0.2) is 10.1 Å². The largest absolute Gasteiger partial charge is 0.259 e. The predicted molar refractivity (Wildman–Crippen MR) is 43.9 cm³/mol. The van der Waals surface area contributed by atoms with E-state index in [1.165, 1.54) is 6.08 Å². The highest BCUT2D eigenvalue weighted by atomic mass is 127. The Kier molecular flexibility index (Phi) is 6.25. The molecule has 0 aliphatic rings. The minimum absolute atomic E-state index is 1.48. The van der Waals surface area contributed by atoms with Crippen molar-refractivity contribution >= 4 is 32.7 Å². The quantitative estimate of drug-likeness (QED) is 0.418. The number of hydrogen-bond acceptors (Lipinski definition) is 2. The average Bonchev–Trinajstić information content (AvgIpc) is 1.81. The summed E-state index contributed by atoms with van der Waals surface area (Å²) < 4.78 is 1.64. The predicted octanol–water partition coefficient (Wildman–Crippen LogP) is 1.77. The molecule has 0 aliphatic heterocycles. The molecule has 0 aromatic carbocycles. The summed E-state index contributed by atoms with van der Waals surface area (Å²) in [5, 5.41) is 6.43. The van der Waals surface area contributed by atoms with Crippen molar-refractivity contribution in [3.8, 4) is 0 Å². The van der Waals surface area contributed by atoms with E-state index < -0.39 is 0 Å². The second-order valence-corrected chi connectivity index (χ2v) is 1.46. The van der Waals surface area contributed by atoms with E-state index in [4.69, 9.17) is 5.41 Å². The third-order valence-corrected chi connectivity index (χ3v) is 0.730. The van der Waals surface area contributed by atoms with E-state index in [0.29, 0.717) is 0 Å². The van der Waals surface area contributed by atoms with E-state index in [-0.39, 0.29) is 0 Å². The summed E-state index contributed by atoms with van der Waals surface area (Å²) in [7, 11) is 0. The molecule has 0 aliphatic carbocycles. The molecular weight excluding hydrogens is 215 g/mol. The van der Waals surface area contributed by atoms with Crippen LogP contribution in [0, 0.1) is 5.41 Å². The molecule has 0 saturated carbocycles. The monoisotopic (exact) mass is 220 g/mol. The fourth-order valence-corrected chi connectivity index (χ4v) is 0.359. The lowest BCUT2D eigenvalue weighted by molar-refractivity contribution is 1.58. The SMILES string of the molecule is N=C=C/C=C\N=C/I. The van der Waals surface area contributed by atoms with Crippen LogP contribution in [0.3, 0.4) is 0 Å². The van der Waals surface area contributed by atoms with E-state index >= 15 is 0 Å². The summed E-state index contributed by atoms with van der Waals surface area (Å²) in [5.74, 6) is 2.09. The van der Waals surface area contributed by atoms with Crippen LogP contribution in [0.2, 0.25) is 0 Å². The number of rotatable bonds is 2. The highest BCUT2D eigenvalue weighted by molar-refractivity contribution is 14.1. The van der Waals surface area contributed by atoms with Gasteiger partial charge < -0.3 is 0 Å². The molecule has 0 aromatic rings. The molecule has 0 atom stereocenters. The van der Waals surface area contributed by atoms with Crippen molar-refractivity contribution in [2.24, 2.45) is 4.99 Å². The molecule has 0 rings (SSSR count). The Morgan fingerprint density at radius 2 is 2.38 bits per heavy atom. The third kappa shape index (κ3) is 5.59. The normalized spacial score (nSPS) is 10.1. The Hall–Kier alpha value is -0.410. The van der Waals surface area contributed by atoms with E-state index in [1.54, 1.807) is 16.5 Å². The zero-order valence-electron chi connectivity index (χ0n) is 4.13. The van der Waals surface area contributed by atoms with Crippen molar-refractivity contribution in [3.05, 3.63) is 18.4 Å². The smallest absolute Gasteiger partial charge is 0.0651 e. The fraction of sp³-hybridized carbons (Fsp3) is 0. The molecule has 0 spiro atoms. The van der Waals surface area contributed by atoms with Gasteiger partial charge in [0.15, 0.2) is 0 Å². The van der Waals surface area contributed by atoms with Gasteiger partial charge in [-0.2, -0.15) is 0 Å². The highest BCUT2D eigenvalue weighted by Crippen LogP contribution is 1.76. The zero-order chi connectivity index (χ0) is 6.24. The molecule has 3 heteroatoms. The third-order valence-electron chi connectivity index (χ3n) is 0.408. The number of halogens is 1. The van der Waals surface area contributed by atoms with E-state index in [0.717, 1.165) is 0 Å². The van der Waals surface area contributed by atoms with Crippen LogP contribution in [0.5, 0.6) is 0 Å². The van der Waals surface area contributed by atoms with Crippen LogP contribution in [0.1, 0.15) is 0 Å². The molecule has 0 radical (unpaired) electrons. The Bertz CT molecular complexity index is 143. The Morgan fingerprint density at radius 1 is 1.62 bits per heavy atom. The molecule has 0 saturated heterocycles. The van der Waals surface area contributed by atoms with Gasteiger partial charge in [0.25, 0.3) is 0 Å². The van der Waals surface area contributed by atoms with E-state index in [9.17, 15) is 0 Å². The van der Waals surface area contributed by atoms with Crippen LogP contribution >= 0.6 is 22.6 Å². The molecule has 0 heterocycles. The van der Waals surface area contributed by atoms with Crippen molar-refractivity contribution in [2.45, 2.75) is 0 Å². The molecule has 0 amide bonds. The number of nitrogens with zero attached hydrogens (tertiary/aromatic N) is 1. The Labute approximate surface area is 61.7 Å². The minimum atomic E-state index is 1.48. The lowest BCUT2D eigenvalue weighted by Crippen LogP contribution is -1.49. The van der Waals surface area contributed by atoms with E-state index in [2.05, 4.69) is 10.9 Å². The van der Waals surface area contributed by atoms with Crippen LogP contribution < -0.4 is 0 Å². The van der Waals surface area contributed by atoms with Gasteiger partial charge in [-0.25, -0.2) is 0 Å². The first-order chi connectivity index (χ1) is 3.91. The van der Waals surface area contributed by atoms with Gasteiger partial charge in [-0.3, -0.25) is 10.4 Å². The van der Waals surface area contributed by atoms with Crippen LogP contribution in [-0.2, 0) is 0 Å². The van der Waals surface area contributed by atoms with Crippen molar-refractivity contribution in [1.82, 2.24) is 0 Å². The number of aliphatic imine (C=N–C) groups is 1. The van der Waals surface area contributed by atoms with Gasteiger partial charge in [-0.05, 0) is 34.5 Å². The Balaban J connectivity index is 3.50. The molecule has 8 heavy (non-hydrogen) atoms. The molecule has 2 nitrogen and oxygen atoms in total. The topological polar surface area (TPSA) is 36.2 Å². The summed E-state index contributed by atoms with van der Waals surface area (Å²) in [4.78, 5) is 3.74. The average molecular weight is 220 g/mol. The molecule has 0 aromatic heterocycles. The maximum absolute atomic E-state index is 6.43. The van der Waals surface area contributed by atoms with Gasteiger partial charge in [0.1, 0.15) is 0 Å². The van der Waals surface area contributed by atoms with Crippen molar-refractivity contribution in [3.63, 3.8) is 0 Å². The minimum Gasteiger partial charge on any atom is -0.259 e. The molecule has 0 fully saturated rings. The fourth-order valence-electron chi connectivity index (χ4n) is 0.173. The molecular formula is C5H5IN2. The maximum Gasteiger partial charge on any atom is 0.0651 e. The van der Waals surface area contributed by atoms with Crippen LogP contribution in [0.4, 0.5) is 0 Å². The number of allylic oxidation sites excluding steroid dienone is 2. The highest BCUT2D eigenvalue weighted by Gasteiger charge is 1.55. The number of nitrogens with one attached hydrogen (secondary N) is 1. The van der Waals surface area contributed by atoms with Gasteiger partial charge in [0.05, 0.1) is 4.22 Å². The van der Waals surface area contributed by atoms with E-state index in [1.807, 2.05) is 22.6 Å². The second-order valence-electron chi connectivity index (χ2n) is 0.899. The standard InChI is InChI=1S/C5H5IN2/c6-5-8-4-2-1-3-7/h1-2,4-5,7H/b4-2-,8-5-. The summed E-state index contributed by atoms with van der Waals surface area (Å²) in [6, 6.07) is 0. The van der Waals surface area contributed by atoms with Gasteiger partial charge in [0, 0.05) is 12.3 Å². The van der Waals surface area contributed by atoms with Gasteiger partial charge in [0.2, 0.25) is 0 Å². The molecule has 42 valence electrons. The Morgan fingerprint density at radius 3 is 2.88 bits per heavy atom. The maximum atomic E-state index is 6.43.